The molecule has 4 aromatic rings. The van der Waals surface area contributed by atoms with Gasteiger partial charge in [-0.1, -0.05) is 12.1 Å². The summed E-state index contributed by atoms with van der Waals surface area (Å²) in [6.07, 6.45) is 2.90. The molecule has 0 aliphatic carbocycles. The molecular weight excluding hydrogens is 441 g/mol. The van der Waals surface area contributed by atoms with E-state index in [0.29, 0.717) is 18.1 Å². The predicted octanol–water partition coefficient (Wildman–Crippen LogP) is 2.01. The van der Waals surface area contributed by atoms with Gasteiger partial charge in [0.05, 0.1) is 30.3 Å². The third-order valence-electron chi connectivity index (χ3n) is 5.24. The minimum atomic E-state index is -0.589. The van der Waals surface area contributed by atoms with Gasteiger partial charge in [-0.15, -0.1) is 0 Å². The van der Waals surface area contributed by atoms with Crippen molar-refractivity contribution in [2.75, 3.05) is 6.61 Å². The van der Waals surface area contributed by atoms with E-state index in [1.165, 1.54) is 42.1 Å². The van der Waals surface area contributed by atoms with Gasteiger partial charge in [-0.25, -0.2) is 19.2 Å². The lowest BCUT2D eigenvalue weighted by atomic mass is 10.2. The van der Waals surface area contributed by atoms with Crippen LogP contribution in [0.3, 0.4) is 0 Å². The maximum Gasteiger partial charge on any atom is 0.331 e. The first kappa shape index (κ1) is 22.8. The topological polar surface area (TPSA) is 108 Å². The number of pyridine rings is 2. The van der Waals surface area contributed by atoms with E-state index in [1.807, 2.05) is 6.92 Å². The van der Waals surface area contributed by atoms with E-state index in [9.17, 15) is 18.8 Å². The van der Waals surface area contributed by atoms with Gasteiger partial charge in [0, 0.05) is 25.9 Å². The van der Waals surface area contributed by atoms with Crippen molar-refractivity contribution < 1.29 is 13.9 Å². The number of rotatable bonds is 7. The van der Waals surface area contributed by atoms with Crippen LogP contribution in [0.4, 0.5) is 4.39 Å². The van der Waals surface area contributed by atoms with Gasteiger partial charge in [-0.05, 0) is 42.3 Å². The van der Waals surface area contributed by atoms with Crippen molar-refractivity contribution >= 4 is 16.8 Å². The lowest BCUT2D eigenvalue weighted by Crippen LogP contribution is -2.39. The number of aryl methyl sites for hydroxylation is 1. The van der Waals surface area contributed by atoms with E-state index in [0.717, 1.165) is 10.1 Å². The van der Waals surface area contributed by atoms with E-state index < -0.39 is 23.0 Å². The maximum atomic E-state index is 13.6. The highest BCUT2D eigenvalue weighted by molar-refractivity contribution is 5.95. The molecule has 0 fully saturated rings. The first-order valence-electron chi connectivity index (χ1n) is 10.6. The van der Waals surface area contributed by atoms with Crippen LogP contribution in [0.15, 0.2) is 64.4 Å². The number of aromatic nitrogens is 4. The molecule has 0 atom stereocenters. The number of nitrogens with zero attached hydrogens (tertiary/aromatic N) is 4. The van der Waals surface area contributed by atoms with Crippen molar-refractivity contribution in [3.63, 3.8) is 0 Å². The van der Waals surface area contributed by atoms with Crippen molar-refractivity contribution in [3.05, 3.63) is 98.3 Å². The molecule has 0 aliphatic heterocycles. The lowest BCUT2D eigenvalue weighted by molar-refractivity contribution is 0.0946. The average Bonchev–Trinajstić information content (AvgIpc) is 2.84. The molecule has 3 heterocycles. The Morgan fingerprint density at radius 2 is 1.94 bits per heavy atom. The first-order chi connectivity index (χ1) is 16.4. The fourth-order valence-corrected chi connectivity index (χ4v) is 3.54. The molecule has 3 aromatic heterocycles. The number of carbonyl (C=O) groups is 1. The molecule has 1 N–H and O–H groups in total. The molecule has 0 bridgehead atoms. The minimum absolute atomic E-state index is 0.0274. The number of fused-ring (bicyclic) bond motifs is 1. The zero-order valence-electron chi connectivity index (χ0n) is 18.6. The van der Waals surface area contributed by atoms with E-state index in [2.05, 4.69) is 15.3 Å². The van der Waals surface area contributed by atoms with Gasteiger partial charge in [-0.3, -0.25) is 18.7 Å². The third-order valence-corrected chi connectivity index (χ3v) is 5.24. The summed E-state index contributed by atoms with van der Waals surface area (Å²) in [5.74, 6) is -0.492. The molecule has 0 unspecified atom stereocenters. The number of hydrogen-bond donors (Lipinski definition) is 1. The van der Waals surface area contributed by atoms with Crippen LogP contribution in [0.5, 0.6) is 5.88 Å². The summed E-state index contributed by atoms with van der Waals surface area (Å²) in [5, 5.41) is 2.91. The van der Waals surface area contributed by atoms with E-state index in [4.69, 9.17) is 4.74 Å². The molecule has 1 aromatic carbocycles. The molecule has 0 saturated heterocycles. The Morgan fingerprint density at radius 3 is 2.71 bits per heavy atom. The molecule has 1 amide bonds. The second kappa shape index (κ2) is 9.65. The first-order valence-corrected chi connectivity index (χ1v) is 10.6. The molecule has 10 heteroatoms. The Balaban J connectivity index is 1.63. The molecule has 34 heavy (non-hydrogen) atoms. The Hall–Kier alpha value is -4.34. The Kier molecular flexibility index (Phi) is 6.48. The molecule has 0 radical (unpaired) electrons. The van der Waals surface area contributed by atoms with Crippen LogP contribution in [0.25, 0.3) is 10.9 Å². The zero-order valence-corrected chi connectivity index (χ0v) is 18.6. The Bertz CT molecular complexity index is 1500. The smallest absolute Gasteiger partial charge is 0.331 e. The molecule has 0 saturated carbocycles. The highest BCUT2D eigenvalue weighted by Crippen LogP contribution is 2.11. The summed E-state index contributed by atoms with van der Waals surface area (Å²) in [6, 6.07) is 10.5. The molecule has 174 valence electrons. The number of hydrogen-bond acceptors (Lipinski definition) is 6. The number of carbonyl (C=O) groups excluding carboxylic acids is 1. The number of halogens is 1. The van der Waals surface area contributed by atoms with E-state index in [1.54, 1.807) is 24.4 Å². The summed E-state index contributed by atoms with van der Waals surface area (Å²) in [4.78, 5) is 46.8. The molecule has 4 rings (SSSR count). The van der Waals surface area contributed by atoms with Gasteiger partial charge < -0.3 is 10.1 Å². The second-order valence-corrected chi connectivity index (χ2v) is 7.57. The van der Waals surface area contributed by atoms with Crippen molar-refractivity contribution in [2.24, 2.45) is 7.05 Å². The highest BCUT2D eigenvalue weighted by Gasteiger charge is 2.16. The SMILES string of the molecule is CCOc1cc(CNC(=O)c2cc3c(=O)n(Cc4cccc(F)c4)c(=O)n(C)c3cn2)ccn1. The Morgan fingerprint density at radius 1 is 1.12 bits per heavy atom. The number of nitrogens with one attached hydrogen (secondary N) is 1. The average molecular weight is 463 g/mol. The quantitative estimate of drug-likeness (QED) is 0.449. The van der Waals surface area contributed by atoms with Crippen molar-refractivity contribution in [2.45, 2.75) is 20.0 Å². The molecule has 0 spiro atoms. The molecule has 9 nitrogen and oxygen atoms in total. The van der Waals surface area contributed by atoms with E-state index in [-0.39, 0.29) is 29.7 Å². The van der Waals surface area contributed by atoms with E-state index >= 15 is 0 Å². The van der Waals surface area contributed by atoms with Crippen LogP contribution in [0.2, 0.25) is 0 Å². The van der Waals surface area contributed by atoms with Crippen LogP contribution in [-0.2, 0) is 20.1 Å². The zero-order chi connectivity index (χ0) is 24.2. The van der Waals surface area contributed by atoms with Gasteiger partial charge in [0.15, 0.2) is 0 Å². The van der Waals surface area contributed by atoms with Crippen LogP contribution >= 0.6 is 0 Å². The third kappa shape index (κ3) is 4.70. The van der Waals surface area contributed by atoms with Crippen LogP contribution in [-0.4, -0.2) is 31.6 Å². The summed E-state index contributed by atoms with van der Waals surface area (Å²) >= 11 is 0. The maximum absolute atomic E-state index is 13.6. The monoisotopic (exact) mass is 463 g/mol. The Labute approximate surface area is 193 Å². The summed E-state index contributed by atoms with van der Waals surface area (Å²) in [7, 11) is 1.51. The fraction of sp³-hybridized carbons (Fsp3) is 0.208. The normalized spacial score (nSPS) is 10.9. The highest BCUT2D eigenvalue weighted by atomic mass is 19.1. The fourth-order valence-electron chi connectivity index (χ4n) is 3.54. The van der Waals surface area contributed by atoms with Crippen LogP contribution in [0.1, 0.15) is 28.5 Å². The van der Waals surface area contributed by atoms with Crippen molar-refractivity contribution in [3.8, 4) is 5.88 Å². The number of ether oxygens (including phenoxy) is 1. The standard InChI is InChI=1S/C24H22FN5O4/c1-3-34-21-10-15(7-8-26-21)12-28-22(31)19-11-18-20(13-27-19)29(2)24(33)30(23(18)32)14-16-5-4-6-17(25)9-16/h4-11,13H,3,12,14H2,1-2H3,(H,28,31). The summed E-state index contributed by atoms with van der Waals surface area (Å²) in [5.41, 5.74) is 0.414. The van der Waals surface area contributed by atoms with Gasteiger partial charge in [0.1, 0.15) is 11.5 Å². The largest absolute Gasteiger partial charge is 0.478 e. The number of amides is 1. The summed E-state index contributed by atoms with van der Waals surface area (Å²) in [6.45, 7) is 2.43. The van der Waals surface area contributed by atoms with Gasteiger partial charge >= 0.3 is 5.69 Å². The number of benzene rings is 1. The molecular formula is C24H22FN5O4. The van der Waals surface area contributed by atoms with Gasteiger partial charge in [0.25, 0.3) is 11.5 Å². The van der Waals surface area contributed by atoms with Crippen LogP contribution < -0.4 is 21.3 Å². The van der Waals surface area contributed by atoms with Gasteiger partial charge in [-0.2, -0.15) is 0 Å². The predicted molar refractivity (Wildman–Crippen MR) is 123 cm³/mol. The van der Waals surface area contributed by atoms with Crippen molar-refractivity contribution in [1.29, 1.82) is 0 Å². The van der Waals surface area contributed by atoms with Crippen molar-refractivity contribution in [1.82, 2.24) is 24.4 Å². The van der Waals surface area contributed by atoms with Crippen LogP contribution in [0, 0.1) is 5.82 Å². The molecule has 0 aliphatic rings. The minimum Gasteiger partial charge on any atom is -0.478 e. The second-order valence-electron chi connectivity index (χ2n) is 7.57. The lowest BCUT2D eigenvalue weighted by Gasteiger charge is -2.12. The summed E-state index contributed by atoms with van der Waals surface area (Å²) < 4.78 is 21.2. The van der Waals surface area contributed by atoms with Gasteiger partial charge in [0.2, 0.25) is 5.88 Å².